The summed E-state index contributed by atoms with van der Waals surface area (Å²) in [5.74, 6) is -1.73. The van der Waals surface area contributed by atoms with Gasteiger partial charge in [-0.25, -0.2) is 8.78 Å². The smallest absolute Gasteiger partial charge is 0.228 e. The van der Waals surface area contributed by atoms with Crippen molar-refractivity contribution in [2.45, 2.75) is 6.42 Å². The van der Waals surface area contributed by atoms with E-state index in [0.29, 0.717) is 5.56 Å². The Bertz CT molecular complexity index is 597. The van der Waals surface area contributed by atoms with E-state index < -0.39 is 11.7 Å². The van der Waals surface area contributed by atoms with Gasteiger partial charge in [-0.15, -0.1) is 0 Å². The normalized spacial score (nSPS) is 10.2. The third-order valence-electron chi connectivity index (χ3n) is 2.50. The number of amides is 1. The van der Waals surface area contributed by atoms with E-state index in [1.165, 1.54) is 36.4 Å². The molecule has 0 bridgehead atoms. The molecule has 5 heteroatoms. The predicted octanol–water partition coefficient (Wildman–Crippen LogP) is 2.85. The van der Waals surface area contributed by atoms with Crippen LogP contribution in [0, 0.1) is 11.6 Å². The number of benzene rings is 2. The van der Waals surface area contributed by atoms with E-state index >= 15 is 0 Å². The number of nitrogens with one attached hydrogen (secondary N) is 1. The molecule has 0 unspecified atom stereocenters. The lowest BCUT2D eigenvalue weighted by molar-refractivity contribution is -0.115. The second-order valence-electron chi connectivity index (χ2n) is 4.02. The Hall–Kier alpha value is -2.43. The number of hydrogen-bond donors (Lipinski definition) is 2. The first-order valence-corrected chi connectivity index (χ1v) is 5.57. The number of anilines is 1. The molecule has 3 nitrogen and oxygen atoms in total. The molecule has 2 aromatic carbocycles. The largest absolute Gasteiger partial charge is 0.508 e. The lowest BCUT2D eigenvalue weighted by atomic mass is 10.1. The van der Waals surface area contributed by atoms with E-state index in [9.17, 15) is 13.6 Å². The zero-order chi connectivity index (χ0) is 13.8. The molecule has 0 spiro atoms. The summed E-state index contributed by atoms with van der Waals surface area (Å²) in [5, 5.41) is 11.4. The molecule has 0 heterocycles. The fourth-order valence-electron chi connectivity index (χ4n) is 1.59. The predicted molar refractivity (Wildman–Crippen MR) is 66.8 cm³/mol. The molecule has 19 heavy (non-hydrogen) atoms. The number of halogens is 2. The molecule has 0 aliphatic rings. The van der Waals surface area contributed by atoms with Crippen LogP contribution in [-0.2, 0) is 11.2 Å². The van der Waals surface area contributed by atoms with E-state index in [1.807, 2.05) is 0 Å². The van der Waals surface area contributed by atoms with Crippen LogP contribution < -0.4 is 5.32 Å². The number of phenols is 1. The van der Waals surface area contributed by atoms with Crippen molar-refractivity contribution >= 4 is 11.6 Å². The molecule has 0 saturated heterocycles. The highest BCUT2D eigenvalue weighted by atomic mass is 19.1. The van der Waals surface area contributed by atoms with Gasteiger partial charge >= 0.3 is 0 Å². The van der Waals surface area contributed by atoms with Gasteiger partial charge in [-0.2, -0.15) is 0 Å². The van der Waals surface area contributed by atoms with E-state index in [1.54, 1.807) is 0 Å². The molecule has 98 valence electrons. The Labute approximate surface area is 108 Å². The van der Waals surface area contributed by atoms with Crippen LogP contribution in [0.1, 0.15) is 5.56 Å². The van der Waals surface area contributed by atoms with Crippen LogP contribution in [0.25, 0.3) is 0 Å². The van der Waals surface area contributed by atoms with Crippen LogP contribution in [-0.4, -0.2) is 11.0 Å². The minimum absolute atomic E-state index is 0.00934. The highest BCUT2D eigenvalue weighted by Gasteiger charge is 2.08. The van der Waals surface area contributed by atoms with Gasteiger partial charge in [0.15, 0.2) is 0 Å². The van der Waals surface area contributed by atoms with Crippen LogP contribution in [0.15, 0.2) is 42.5 Å². The number of aromatic hydroxyl groups is 1. The SMILES string of the molecule is O=C(Cc1ccc(F)cc1)Nc1ccc(O)cc1F. The van der Waals surface area contributed by atoms with Crippen molar-refractivity contribution in [3.05, 3.63) is 59.7 Å². The van der Waals surface area contributed by atoms with Gasteiger partial charge in [0.2, 0.25) is 5.91 Å². The number of hydrogen-bond acceptors (Lipinski definition) is 2. The fourth-order valence-corrected chi connectivity index (χ4v) is 1.59. The first-order chi connectivity index (χ1) is 9.04. The third kappa shape index (κ3) is 3.51. The summed E-state index contributed by atoms with van der Waals surface area (Å²) in [7, 11) is 0. The van der Waals surface area contributed by atoms with Gasteiger partial charge in [0.1, 0.15) is 17.4 Å². The second-order valence-corrected chi connectivity index (χ2v) is 4.02. The summed E-state index contributed by atoms with van der Waals surface area (Å²) in [5.41, 5.74) is 0.614. The summed E-state index contributed by atoms with van der Waals surface area (Å²) in [6.07, 6.45) is 0.0145. The van der Waals surface area contributed by atoms with Crippen molar-refractivity contribution in [3.8, 4) is 5.75 Å². The fraction of sp³-hybridized carbons (Fsp3) is 0.0714. The zero-order valence-electron chi connectivity index (χ0n) is 9.86. The van der Waals surface area contributed by atoms with Crippen LogP contribution in [0.3, 0.4) is 0 Å². The monoisotopic (exact) mass is 263 g/mol. The minimum atomic E-state index is -0.715. The van der Waals surface area contributed by atoms with Gasteiger partial charge in [0.05, 0.1) is 12.1 Å². The Balaban J connectivity index is 2.03. The molecule has 0 aliphatic carbocycles. The van der Waals surface area contributed by atoms with E-state index in [4.69, 9.17) is 5.11 Å². The average Bonchev–Trinajstić information content (AvgIpc) is 2.36. The summed E-state index contributed by atoms with van der Waals surface area (Å²) in [6, 6.07) is 8.94. The number of carbonyl (C=O) groups is 1. The zero-order valence-corrected chi connectivity index (χ0v) is 9.86. The molecular weight excluding hydrogens is 252 g/mol. The Kier molecular flexibility index (Phi) is 3.75. The second kappa shape index (κ2) is 5.48. The van der Waals surface area contributed by atoms with Gasteiger partial charge < -0.3 is 10.4 Å². The molecule has 2 aromatic rings. The Morgan fingerprint density at radius 2 is 1.79 bits per heavy atom. The lowest BCUT2D eigenvalue weighted by Crippen LogP contribution is -2.15. The maximum Gasteiger partial charge on any atom is 0.228 e. The summed E-state index contributed by atoms with van der Waals surface area (Å²) in [6.45, 7) is 0. The Morgan fingerprint density at radius 1 is 1.11 bits per heavy atom. The molecule has 2 N–H and O–H groups in total. The summed E-state index contributed by atoms with van der Waals surface area (Å²) < 4.78 is 26.1. The molecule has 0 aliphatic heterocycles. The standard InChI is InChI=1S/C14H11F2NO2/c15-10-3-1-9(2-4-10)7-14(19)17-13-6-5-11(18)8-12(13)16/h1-6,8,18H,7H2,(H,17,19). The highest BCUT2D eigenvalue weighted by molar-refractivity contribution is 5.92. The molecule has 0 atom stereocenters. The van der Waals surface area contributed by atoms with Gasteiger partial charge in [-0.3, -0.25) is 4.79 Å². The first kappa shape index (κ1) is 13.0. The van der Waals surface area contributed by atoms with Gasteiger partial charge in [0, 0.05) is 6.07 Å². The minimum Gasteiger partial charge on any atom is -0.508 e. The van der Waals surface area contributed by atoms with Crippen LogP contribution in [0.4, 0.5) is 14.5 Å². The van der Waals surface area contributed by atoms with E-state index in [2.05, 4.69) is 5.32 Å². The van der Waals surface area contributed by atoms with Crippen molar-refractivity contribution < 1.29 is 18.7 Å². The molecule has 0 fully saturated rings. The molecular formula is C14H11F2NO2. The van der Waals surface area contributed by atoms with Crippen LogP contribution >= 0.6 is 0 Å². The summed E-state index contributed by atoms with van der Waals surface area (Å²) in [4.78, 5) is 11.7. The third-order valence-corrected chi connectivity index (χ3v) is 2.50. The van der Waals surface area contributed by atoms with Gasteiger partial charge in [-0.1, -0.05) is 12.1 Å². The average molecular weight is 263 g/mol. The summed E-state index contributed by atoms with van der Waals surface area (Å²) >= 11 is 0. The van der Waals surface area contributed by atoms with Crippen molar-refractivity contribution in [1.82, 2.24) is 0 Å². The topological polar surface area (TPSA) is 49.3 Å². The molecule has 0 aromatic heterocycles. The molecule has 0 saturated carbocycles. The van der Waals surface area contributed by atoms with Crippen molar-refractivity contribution in [3.63, 3.8) is 0 Å². The first-order valence-electron chi connectivity index (χ1n) is 5.57. The number of rotatable bonds is 3. The number of phenolic OH excluding ortho intramolecular Hbond substituents is 1. The van der Waals surface area contributed by atoms with Crippen molar-refractivity contribution in [2.24, 2.45) is 0 Å². The van der Waals surface area contributed by atoms with Crippen molar-refractivity contribution in [1.29, 1.82) is 0 Å². The lowest BCUT2D eigenvalue weighted by Gasteiger charge is -2.06. The van der Waals surface area contributed by atoms with E-state index in [-0.39, 0.29) is 23.7 Å². The van der Waals surface area contributed by atoms with Crippen molar-refractivity contribution in [2.75, 3.05) is 5.32 Å². The molecule has 2 rings (SSSR count). The van der Waals surface area contributed by atoms with E-state index in [0.717, 1.165) is 6.07 Å². The maximum atomic E-state index is 13.4. The van der Waals surface area contributed by atoms with Gasteiger partial charge in [0.25, 0.3) is 0 Å². The van der Waals surface area contributed by atoms with Gasteiger partial charge in [-0.05, 0) is 29.8 Å². The highest BCUT2D eigenvalue weighted by Crippen LogP contribution is 2.19. The molecule has 0 radical (unpaired) electrons. The number of carbonyl (C=O) groups excluding carboxylic acids is 1. The molecule has 1 amide bonds. The van der Waals surface area contributed by atoms with Crippen LogP contribution in [0.5, 0.6) is 5.75 Å². The quantitative estimate of drug-likeness (QED) is 0.836. The Morgan fingerprint density at radius 3 is 2.42 bits per heavy atom. The van der Waals surface area contributed by atoms with Crippen LogP contribution in [0.2, 0.25) is 0 Å². The maximum absolute atomic E-state index is 13.4.